The molecule has 0 bridgehead atoms. The molecule has 1 aliphatic heterocycles. The van der Waals surface area contributed by atoms with Gasteiger partial charge in [0.05, 0.1) is 28.1 Å². The molecular weight excluding hydrogens is 719 g/mol. The Hall–Kier alpha value is -7.55. The maximum atomic E-state index is 5.38. The summed E-state index contributed by atoms with van der Waals surface area (Å²) in [4.78, 5) is 17.7. The summed E-state index contributed by atoms with van der Waals surface area (Å²) in [5.74, 6) is 1.99. The van der Waals surface area contributed by atoms with Crippen LogP contribution in [0.25, 0.3) is 65.9 Å². The molecule has 3 unspecified atom stereocenters. The van der Waals surface area contributed by atoms with Crippen molar-refractivity contribution in [1.29, 1.82) is 0 Å². The number of benzene rings is 7. The fraction of sp³-hybridized carbons (Fsp3) is 0.0926. The van der Waals surface area contributed by atoms with Gasteiger partial charge in [-0.1, -0.05) is 146 Å². The zero-order valence-corrected chi connectivity index (χ0v) is 32.8. The molecule has 7 aromatic carbocycles. The van der Waals surface area contributed by atoms with Gasteiger partial charge in [-0.25, -0.2) is 15.0 Å². The number of hydrogen-bond donors (Lipinski definition) is 0. The molecule has 59 heavy (non-hydrogen) atoms. The van der Waals surface area contributed by atoms with E-state index in [2.05, 4.69) is 199 Å². The molecule has 0 amide bonds. The van der Waals surface area contributed by atoms with Crippen LogP contribution in [-0.2, 0) is 0 Å². The van der Waals surface area contributed by atoms with Gasteiger partial charge in [-0.05, 0) is 81.9 Å². The molecule has 0 radical (unpaired) electrons. The van der Waals surface area contributed by atoms with Crippen LogP contribution in [0.15, 0.2) is 192 Å². The predicted octanol–water partition coefficient (Wildman–Crippen LogP) is 12.1. The van der Waals surface area contributed by atoms with Crippen molar-refractivity contribution in [3.8, 4) is 16.8 Å². The van der Waals surface area contributed by atoms with Crippen molar-refractivity contribution in [2.75, 3.05) is 7.05 Å². The Labute approximate surface area is 343 Å². The standard InChI is InChI=1S/C54H39N5/c1-35-24-25-39(32-45(35)54-57-52(37-16-6-3-7-17-37)56-53(58(54)2)38-18-8-4-9-19-38)42-31-41-20-14-30-55-51(41)46(34-42)40-27-28-48-47(33-40)50-44-23-13-12-15-36(44)26-29-49(50)59(48)43-21-10-5-11-22-43/h3-13,15-19,21-35,45,54H,1-2H3. The van der Waals surface area contributed by atoms with E-state index in [1.54, 1.807) is 6.20 Å². The molecule has 0 fully saturated rings. The minimum absolute atomic E-state index is 0.0743. The van der Waals surface area contributed by atoms with Gasteiger partial charge >= 0.3 is 0 Å². The van der Waals surface area contributed by atoms with Crippen LogP contribution in [0.2, 0.25) is 0 Å². The molecule has 0 spiro atoms. The van der Waals surface area contributed by atoms with Gasteiger partial charge in [0, 0.05) is 46.1 Å². The van der Waals surface area contributed by atoms with E-state index >= 15 is 0 Å². The van der Waals surface area contributed by atoms with Crippen LogP contribution in [0.4, 0.5) is 0 Å². The number of aliphatic imine (C=N–C) groups is 2. The maximum Gasteiger partial charge on any atom is 0.159 e. The van der Waals surface area contributed by atoms with Gasteiger partial charge in [-0.3, -0.25) is 0 Å². The number of para-hydroxylation sites is 1. The first-order valence-corrected chi connectivity index (χ1v) is 20.2. The van der Waals surface area contributed by atoms with Crippen LogP contribution < -0.4 is 0 Å². The van der Waals surface area contributed by atoms with E-state index in [1.165, 1.54) is 32.6 Å². The van der Waals surface area contributed by atoms with E-state index in [4.69, 9.17) is 15.0 Å². The molecule has 280 valence electrons. The molecule has 2 aromatic heterocycles. The lowest BCUT2D eigenvalue weighted by Crippen LogP contribution is -2.46. The Kier molecular flexibility index (Phi) is 8.30. The van der Waals surface area contributed by atoms with E-state index in [9.17, 15) is 0 Å². The van der Waals surface area contributed by atoms with Crippen molar-refractivity contribution < 1.29 is 0 Å². The highest BCUT2D eigenvalue weighted by Gasteiger charge is 2.34. The third kappa shape index (κ3) is 5.92. The summed E-state index contributed by atoms with van der Waals surface area (Å²) in [6, 6.07) is 62.5. The highest BCUT2D eigenvalue weighted by atomic mass is 15.3. The summed E-state index contributed by atoms with van der Waals surface area (Å²) >= 11 is 0. The van der Waals surface area contributed by atoms with E-state index in [1.807, 2.05) is 12.1 Å². The van der Waals surface area contributed by atoms with Crippen LogP contribution >= 0.6 is 0 Å². The second-order valence-corrected chi connectivity index (χ2v) is 15.6. The average Bonchev–Trinajstić information content (AvgIpc) is 3.64. The van der Waals surface area contributed by atoms with Gasteiger partial charge < -0.3 is 9.47 Å². The molecule has 11 rings (SSSR count). The summed E-state index contributed by atoms with van der Waals surface area (Å²) in [5, 5.41) is 5.85. The minimum atomic E-state index is -0.173. The lowest BCUT2D eigenvalue weighted by molar-refractivity contribution is 0.264. The molecule has 0 N–H and O–H groups in total. The van der Waals surface area contributed by atoms with Crippen molar-refractivity contribution in [3.63, 3.8) is 0 Å². The molecule has 9 aromatic rings. The summed E-state index contributed by atoms with van der Waals surface area (Å²) in [6.45, 7) is 2.29. The summed E-state index contributed by atoms with van der Waals surface area (Å²) in [6.07, 6.45) is 8.57. The molecule has 5 nitrogen and oxygen atoms in total. The first kappa shape index (κ1) is 34.7. The molecule has 0 saturated heterocycles. The Morgan fingerprint density at radius 2 is 1.37 bits per heavy atom. The first-order chi connectivity index (χ1) is 29.1. The Balaban J connectivity index is 1.06. The zero-order valence-electron chi connectivity index (χ0n) is 32.8. The molecular formula is C54H39N5. The fourth-order valence-electron chi connectivity index (χ4n) is 9.10. The Morgan fingerprint density at radius 3 is 2.19 bits per heavy atom. The number of fused-ring (bicyclic) bond motifs is 6. The number of aromatic nitrogens is 2. The third-order valence-electron chi connectivity index (χ3n) is 12.1. The smallest absolute Gasteiger partial charge is 0.159 e. The van der Waals surface area contributed by atoms with Crippen molar-refractivity contribution in [3.05, 3.63) is 211 Å². The second kappa shape index (κ2) is 14.1. The molecule has 2 aliphatic rings. The average molecular weight is 758 g/mol. The molecule has 3 atom stereocenters. The number of hydrogen-bond acceptors (Lipinski definition) is 4. The number of rotatable bonds is 6. The molecule has 5 heteroatoms. The molecule has 1 aliphatic carbocycles. The van der Waals surface area contributed by atoms with Gasteiger partial charge in [0.1, 0.15) is 12.0 Å². The van der Waals surface area contributed by atoms with Crippen molar-refractivity contribution in [2.24, 2.45) is 21.8 Å². The van der Waals surface area contributed by atoms with Gasteiger partial charge in [-0.15, -0.1) is 0 Å². The molecule has 3 heterocycles. The van der Waals surface area contributed by atoms with E-state index in [-0.39, 0.29) is 18.0 Å². The lowest BCUT2D eigenvalue weighted by Gasteiger charge is -2.38. The van der Waals surface area contributed by atoms with Gasteiger partial charge in [0.2, 0.25) is 0 Å². The Morgan fingerprint density at radius 1 is 0.644 bits per heavy atom. The lowest BCUT2D eigenvalue weighted by atomic mass is 9.82. The van der Waals surface area contributed by atoms with Crippen LogP contribution in [-0.4, -0.2) is 39.3 Å². The minimum Gasteiger partial charge on any atom is -0.336 e. The highest BCUT2D eigenvalue weighted by Crippen LogP contribution is 2.41. The monoisotopic (exact) mass is 757 g/mol. The van der Waals surface area contributed by atoms with Crippen molar-refractivity contribution in [2.45, 2.75) is 13.1 Å². The number of allylic oxidation sites excluding steroid dienone is 3. The summed E-state index contributed by atoms with van der Waals surface area (Å²) < 4.78 is 2.39. The van der Waals surface area contributed by atoms with Crippen LogP contribution in [0, 0.1) is 24.0 Å². The second-order valence-electron chi connectivity index (χ2n) is 15.6. The zero-order chi connectivity index (χ0) is 39.5. The SMILES string of the molecule is CC1C=CC(c2cc(-c3ccc4c(c3)c3c5ccccc5ccc3n4-c3ccccc3)c3ncc#cc3c2)=CC1C1N=C(c2ccccc2)N=C(c2ccccc2)N1C. The van der Waals surface area contributed by atoms with Crippen LogP contribution in [0.1, 0.15) is 23.6 Å². The summed E-state index contributed by atoms with van der Waals surface area (Å²) in [7, 11) is 2.12. The van der Waals surface area contributed by atoms with Crippen LogP contribution in [0.5, 0.6) is 0 Å². The molecule has 0 saturated carbocycles. The van der Waals surface area contributed by atoms with E-state index in [0.29, 0.717) is 0 Å². The quantitative estimate of drug-likeness (QED) is 0.170. The van der Waals surface area contributed by atoms with Gasteiger partial charge in [-0.2, -0.15) is 0 Å². The maximum absolute atomic E-state index is 5.38. The number of amidine groups is 2. The number of nitrogens with zero attached hydrogens (tertiary/aromatic N) is 5. The predicted molar refractivity (Wildman–Crippen MR) is 244 cm³/mol. The third-order valence-corrected chi connectivity index (χ3v) is 12.1. The van der Waals surface area contributed by atoms with Crippen molar-refractivity contribution >= 4 is 60.7 Å². The first-order valence-electron chi connectivity index (χ1n) is 20.2. The van der Waals surface area contributed by atoms with Gasteiger partial charge in [0.15, 0.2) is 5.84 Å². The van der Waals surface area contributed by atoms with E-state index in [0.717, 1.165) is 61.7 Å². The topological polar surface area (TPSA) is 45.8 Å². The van der Waals surface area contributed by atoms with E-state index < -0.39 is 0 Å². The largest absolute Gasteiger partial charge is 0.336 e. The fourth-order valence-corrected chi connectivity index (χ4v) is 9.10. The van der Waals surface area contributed by atoms with Crippen molar-refractivity contribution in [1.82, 2.24) is 14.5 Å². The Bertz CT molecular complexity index is 3190. The van der Waals surface area contributed by atoms with Crippen LogP contribution in [0.3, 0.4) is 0 Å². The van der Waals surface area contributed by atoms with Gasteiger partial charge in [0.25, 0.3) is 0 Å². The highest BCUT2D eigenvalue weighted by molar-refractivity contribution is 6.22. The summed E-state index contributed by atoms with van der Waals surface area (Å²) in [5.41, 5.74) is 10.9. The normalized spacial score (nSPS) is 17.9.